The average molecular weight is 969 g/mol. The monoisotopic (exact) mass is 968 g/mol. The third-order valence-corrected chi connectivity index (χ3v) is 15.6. The highest BCUT2D eigenvalue weighted by atomic mass is 16.6. The molecule has 4 aliphatic heterocycles. The van der Waals surface area contributed by atoms with E-state index >= 15 is 19.2 Å². The summed E-state index contributed by atoms with van der Waals surface area (Å²) in [7, 11) is 0. The van der Waals surface area contributed by atoms with Gasteiger partial charge in [0.1, 0.15) is 35.5 Å². The van der Waals surface area contributed by atoms with E-state index in [4.69, 9.17) is 9.47 Å². The van der Waals surface area contributed by atoms with Crippen LogP contribution in [0.3, 0.4) is 0 Å². The highest BCUT2D eigenvalue weighted by Crippen LogP contribution is 2.66. The summed E-state index contributed by atoms with van der Waals surface area (Å²) in [6.45, 7) is 2.48. The number of nitrogens with zero attached hydrogens (tertiary/aromatic N) is 3. The number of carbonyl (C=O) groups excluding carboxylic acids is 4. The number of urea groups is 1. The quantitative estimate of drug-likeness (QED) is 0.0747. The second kappa shape index (κ2) is 21.1. The lowest BCUT2D eigenvalue weighted by Crippen LogP contribution is -2.57. The van der Waals surface area contributed by atoms with Crippen LogP contribution in [-0.4, -0.2) is 81.8 Å². The Labute approximate surface area is 422 Å². The van der Waals surface area contributed by atoms with Crippen LogP contribution in [0.5, 0.6) is 5.75 Å². The number of hydrogen-bond acceptors (Lipinski definition) is 9. The fourth-order valence-electron chi connectivity index (χ4n) is 12.3. The van der Waals surface area contributed by atoms with Crippen molar-refractivity contribution in [3.05, 3.63) is 167 Å². The van der Waals surface area contributed by atoms with Crippen molar-refractivity contribution in [2.24, 2.45) is 5.92 Å². The minimum Gasteiger partial charge on any atom is -0.491 e. The lowest BCUT2D eigenvalue weighted by molar-refractivity contribution is -0.179. The minimum atomic E-state index is -1.98. The Morgan fingerprint density at radius 2 is 1.38 bits per heavy atom. The molecular weight excluding hydrogens is 905 g/mol. The molecule has 3 saturated heterocycles. The Kier molecular flexibility index (Phi) is 14.3. The summed E-state index contributed by atoms with van der Waals surface area (Å²) in [6.07, 6.45) is 8.32. The van der Waals surface area contributed by atoms with Crippen LogP contribution in [-0.2, 0) is 24.5 Å². The molecule has 5 aromatic carbocycles. The predicted molar refractivity (Wildman–Crippen MR) is 274 cm³/mol. The molecule has 5 aromatic rings. The maximum atomic E-state index is 16.9. The number of benzene rings is 5. The zero-order valence-electron chi connectivity index (χ0n) is 41.0. The van der Waals surface area contributed by atoms with E-state index in [0.29, 0.717) is 48.4 Å². The Bertz CT molecular complexity index is 2820. The first kappa shape index (κ1) is 48.8. The zero-order chi connectivity index (χ0) is 49.8. The van der Waals surface area contributed by atoms with E-state index in [1.807, 2.05) is 132 Å². The van der Waals surface area contributed by atoms with Gasteiger partial charge < -0.3 is 29.9 Å². The van der Waals surface area contributed by atoms with Gasteiger partial charge in [-0.15, -0.1) is 0 Å². The summed E-state index contributed by atoms with van der Waals surface area (Å²) in [5.41, 5.74) is 0.857. The van der Waals surface area contributed by atoms with Crippen LogP contribution in [0.4, 0.5) is 10.5 Å². The van der Waals surface area contributed by atoms with Crippen LogP contribution in [0, 0.1) is 17.8 Å². The second-order valence-corrected chi connectivity index (χ2v) is 20.2. The van der Waals surface area contributed by atoms with Gasteiger partial charge in [-0.3, -0.25) is 19.3 Å². The van der Waals surface area contributed by atoms with E-state index in [1.54, 1.807) is 18.2 Å². The molecule has 0 bridgehead atoms. The lowest BCUT2D eigenvalue weighted by atomic mass is 9.64. The number of carbonyl (C=O) groups is 4. The first-order valence-electron chi connectivity index (χ1n) is 25.9. The molecule has 5 aliphatic rings. The molecule has 1 saturated carbocycles. The molecule has 12 heteroatoms. The number of ether oxygens (including phenoxy) is 2. The number of cyclic esters (lactones) is 1. The Morgan fingerprint density at radius 1 is 0.750 bits per heavy atom. The normalized spacial score (nSPS) is 25.4. The molecule has 4 amide bonds. The third-order valence-electron chi connectivity index (χ3n) is 15.6. The van der Waals surface area contributed by atoms with Crippen LogP contribution in [0.15, 0.2) is 133 Å². The molecule has 0 unspecified atom stereocenters. The number of likely N-dealkylation sites (tertiary alicyclic amines) is 1. The number of imide groups is 1. The van der Waals surface area contributed by atoms with Gasteiger partial charge in [-0.1, -0.05) is 147 Å². The molecule has 1 aliphatic carbocycles. The number of rotatable bonds is 9. The average Bonchev–Trinajstić information content (AvgIpc) is 3.73. The van der Waals surface area contributed by atoms with E-state index in [-0.39, 0.29) is 24.8 Å². The van der Waals surface area contributed by atoms with Crippen LogP contribution in [0.25, 0.3) is 0 Å². The zero-order valence-corrected chi connectivity index (χ0v) is 41.0. The molecule has 4 fully saturated rings. The highest BCUT2D eigenvalue weighted by molar-refractivity contribution is 6.24. The minimum absolute atomic E-state index is 0.000407. The summed E-state index contributed by atoms with van der Waals surface area (Å²) in [5.74, 6) is 3.84. The fourth-order valence-corrected chi connectivity index (χ4v) is 12.3. The SMILES string of the molecule is C[C@@H](NC(=O)N1C(=O)[C@@]2(c3cc(C#CC4(O)CCCCCC4)ccc31)[C@H](C(=O)N1CCCCCCC1)[C@H]1C(=O)O[C@H](c3ccccc3)[C@H](c3ccccc3)N1[C@@H]2c1cccc(OCCO)c1)c1ccccc1. The van der Waals surface area contributed by atoms with Crippen molar-refractivity contribution >= 4 is 29.5 Å². The summed E-state index contributed by atoms with van der Waals surface area (Å²) in [5, 5.41) is 24.9. The maximum Gasteiger partial charge on any atom is 0.329 e. The van der Waals surface area contributed by atoms with Gasteiger partial charge in [0.15, 0.2) is 0 Å². The Hall–Kier alpha value is -6.78. The van der Waals surface area contributed by atoms with Crippen molar-refractivity contribution in [2.75, 3.05) is 31.2 Å². The van der Waals surface area contributed by atoms with E-state index in [9.17, 15) is 10.2 Å². The van der Waals surface area contributed by atoms with Gasteiger partial charge in [0.2, 0.25) is 11.8 Å². The highest BCUT2D eigenvalue weighted by Gasteiger charge is 2.76. The number of aliphatic hydroxyl groups excluding tert-OH is 1. The van der Waals surface area contributed by atoms with Crippen molar-refractivity contribution in [3.63, 3.8) is 0 Å². The molecule has 1 spiro atoms. The van der Waals surface area contributed by atoms with Gasteiger partial charge in [-0.05, 0) is 104 Å². The van der Waals surface area contributed by atoms with Gasteiger partial charge in [0, 0.05) is 18.7 Å². The molecule has 372 valence electrons. The molecule has 12 nitrogen and oxygen atoms in total. The van der Waals surface area contributed by atoms with Crippen LogP contribution < -0.4 is 15.0 Å². The van der Waals surface area contributed by atoms with E-state index in [0.717, 1.165) is 74.5 Å². The van der Waals surface area contributed by atoms with Crippen molar-refractivity contribution in [1.29, 1.82) is 0 Å². The fraction of sp³-hybridized carbons (Fsp3) is 0.400. The van der Waals surface area contributed by atoms with Gasteiger partial charge in [0.25, 0.3) is 0 Å². The Balaban J connectivity index is 1.27. The summed E-state index contributed by atoms with van der Waals surface area (Å²) in [6, 6.07) is 37.0. The van der Waals surface area contributed by atoms with Gasteiger partial charge in [-0.25, -0.2) is 9.69 Å². The standard InChI is InChI=1S/C60H64N4O8/c1-41(43-21-10-7-11-22-43)61-58(69)63-49-30-29-42(31-34-59(70)32-16-3-4-17-33-59)39-48(49)60(57(63)68)50(55(66)62-35-18-5-2-6-19-36-62)52-56(67)72-53(45-25-14-9-15-26-45)51(44-23-12-8-13-24-44)64(52)54(60)46-27-20-28-47(40-46)71-38-37-65/h7-15,20-30,39-41,50-54,65,70H,2-6,16-19,32-33,35-38H2,1H3,(H,61,69)/t41-,50+,51+,52+,53-,54-,60+/m1/s1. The molecule has 0 aromatic heterocycles. The Morgan fingerprint density at radius 3 is 2.06 bits per heavy atom. The number of aliphatic hydroxyl groups is 2. The first-order valence-corrected chi connectivity index (χ1v) is 25.9. The number of nitrogens with one attached hydrogen (secondary N) is 1. The van der Waals surface area contributed by atoms with Gasteiger partial charge >= 0.3 is 12.0 Å². The molecule has 72 heavy (non-hydrogen) atoms. The van der Waals surface area contributed by atoms with Gasteiger partial charge in [0.05, 0.1) is 36.3 Å². The van der Waals surface area contributed by atoms with Crippen molar-refractivity contribution < 1.29 is 38.9 Å². The number of amides is 4. The number of anilines is 1. The molecule has 3 N–H and O–H groups in total. The topological polar surface area (TPSA) is 149 Å². The maximum absolute atomic E-state index is 16.9. The number of hydrogen-bond donors (Lipinski definition) is 3. The first-order chi connectivity index (χ1) is 35.1. The van der Waals surface area contributed by atoms with E-state index in [1.165, 1.54) is 4.90 Å². The van der Waals surface area contributed by atoms with Crippen molar-refractivity contribution in [2.45, 2.75) is 119 Å². The number of morpholine rings is 1. The lowest BCUT2D eigenvalue weighted by Gasteiger charge is -2.46. The summed E-state index contributed by atoms with van der Waals surface area (Å²) >= 11 is 0. The van der Waals surface area contributed by atoms with Crippen LogP contribution in [0.1, 0.15) is 135 Å². The van der Waals surface area contributed by atoms with E-state index < -0.39 is 65.1 Å². The second-order valence-electron chi connectivity index (χ2n) is 20.2. The molecule has 0 radical (unpaired) electrons. The van der Waals surface area contributed by atoms with Gasteiger partial charge in [-0.2, -0.15) is 0 Å². The summed E-state index contributed by atoms with van der Waals surface area (Å²) in [4.78, 5) is 69.4. The summed E-state index contributed by atoms with van der Waals surface area (Å²) < 4.78 is 12.8. The molecule has 10 rings (SSSR count). The smallest absolute Gasteiger partial charge is 0.329 e. The largest absolute Gasteiger partial charge is 0.491 e. The van der Waals surface area contributed by atoms with Crippen LogP contribution >= 0.6 is 0 Å². The third kappa shape index (κ3) is 9.19. The molecular formula is C60H64N4O8. The molecule has 7 atom stereocenters. The number of esters is 1. The van der Waals surface area contributed by atoms with Crippen molar-refractivity contribution in [3.8, 4) is 17.6 Å². The predicted octanol–water partition coefficient (Wildman–Crippen LogP) is 9.42. The van der Waals surface area contributed by atoms with Crippen molar-refractivity contribution in [1.82, 2.24) is 15.1 Å². The van der Waals surface area contributed by atoms with E-state index in [2.05, 4.69) is 17.2 Å². The number of fused-ring (bicyclic) bond motifs is 3. The van der Waals surface area contributed by atoms with Crippen LogP contribution in [0.2, 0.25) is 0 Å². The molecule has 4 heterocycles.